The first-order valence-corrected chi connectivity index (χ1v) is 6.34. The zero-order chi connectivity index (χ0) is 14.6. The largest absolute Gasteiger partial charge is 0.396 e. The molecule has 0 atom stereocenters. The predicted molar refractivity (Wildman–Crippen MR) is 78.8 cm³/mol. The summed E-state index contributed by atoms with van der Waals surface area (Å²) in [5.74, 6) is -0.646. The van der Waals surface area contributed by atoms with Crippen LogP contribution in [0.5, 0.6) is 0 Å². The zero-order valence-electron chi connectivity index (χ0n) is 10.7. The molecule has 102 valence electrons. The van der Waals surface area contributed by atoms with Gasteiger partial charge in [0.1, 0.15) is 11.6 Å². The Balaban J connectivity index is 0.000000191. The smallest absolute Gasteiger partial charge is 0.150 e. The zero-order valence-corrected chi connectivity index (χ0v) is 12.3. The molecule has 2 aromatic carbocycles. The Kier molecular flexibility index (Phi) is 5.30. The summed E-state index contributed by atoms with van der Waals surface area (Å²) in [4.78, 5) is 0. The van der Waals surface area contributed by atoms with Gasteiger partial charge >= 0.3 is 0 Å². The molecule has 0 spiro atoms. The van der Waals surface area contributed by atoms with Crippen molar-refractivity contribution < 1.29 is 8.78 Å². The molecule has 0 saturated carbocycles. The van der Waals surface area contributed by atoms with Crippen LogP contribution in [-0.4, -0.2) is 0 Å². The van der Waals surface area contributed by atoms with Gasteiger partial charge in [-0.05, 0) is 53.0 Å². The maximum absolute atomic E-state index is 12.8. The van der Waals surface area contributed by atoms with E-state index in [4.69, 9.17) is 11.5 Å². The van der Waals surface area contributed by atoms with Gasteiger partial charge in [-0.2, -0.15) is 0 Å². The fraction of sp³-hybridized carbons (Fsp3) is 0.143. The fourth-order valence-corrected chi connectivity index (χ4v) is 1.65. The van der Waals surface area contributed by atoms with Gasteiger partial charge in [0.2, 0.25) is 0 Å². The van der Waals surface area contributed by atoms with Gasteiger partial charge in [-0.15, -0.1) is 0 Å². The van der Waals surface area contributed by atoms with E-state index in [2.05, 4.69) is 15.9 Å². The van der Waals surface area contributed by atoms with Crippen LogP contribution in [0.15, 0.2) is 34.8 Å². The number of rotatable bonds is 0. The van der Waals surface area contributed by atoms with E-state index in [1.165, 1.54) is 0 Å². The number of nitrogens with two attached hydrogens (primary N) is 2. The lowest BCUT2D eigenvalue weighted by molar-refractivity contribution is 0.622. The highest BCUT2D eigenvalue weighted by Crippen LogP contribution is 2.23. The van der Waals surface area contributed by atoms with Gasteiger partial charge < -0.3 is 11.5 Å². The van der Waals surface area contributed by atoms with Crippen LogP contribution in [0, 0.1) is 25.5 Å². The summed E-state index contributed by atoms with van der Waals surface area (Å²) in [6.07, 6.45) is 0. The highest BCUT2D eigenvalue weighted by Gasteiger charge is 2.04. The van der Waals surface area contributed by atoms with Crippen LogP contribution in [0.25, 0.3) is 0 Å². The molecular weight excluding hydrogens is 314 g/mol. The first-order chi connectivity index (χ1) is 8.84. The van der Waals surface area contributed by atoms with E-state index >= 15 is 0 Å². The number of hydrogen-bond donors (Lipinski definition) is 2. The van der Waals surface area contributed by atoms with Crippen molar-refractivity contribution >= 4 is 27.3 Å². The number of hydrogen-bond acceptors (Lipinski definition) is 2. The van der Waals surface area contributed by atoms with Crippen LogP contribution in [0.3, 0.4) is 0 Å². The van der Waals surface area contributed by atoms with Gasteiger partial charge in [0.05, 0.1) is 11.4 Å². The molecule has 0 unspecified atom stereocenters. The van der Waals surface area contributed by atoms with Crippen molar-refractivity contribution in [2.24, 2.45) is 0 Å². The van der Waals surface area contributed by atoms with Gasteiger partial charge in [0.25, 0.3) is 0 Å². The van der Waals surface area contributed by atoms with E-state index in [1.54, 1.807) is 44.2 Å². The van der Waals surface area contributed by atoms with Gasteiger partial charge in [0.15, 0.2) is 0 Å². The quantitative estimate of drug-likeness (QED) is 0.712. The number of anilines is 2. The third-order valence-corrected chi connectivity index (χ3v) is 3.23. The molecule has 2 rings (SSSR count). The average molecular weight is 329 g/mol. The maximum atomic E-state index is 12.8. The summed E-state index contributed by atoms with van der Waals surface area (Å²) in [6.45, 7) is 3.36. The van der Waals surface area contributed by atoms with Crippen molar-refractivity contribution in [1.82, 2.24) is 0 Å². The minimum absolute atomic E-state index is 0.181. The second kappa shape index (κ2) is 6.52. The second-order valence-electron chi connectivity index (χ2n) is 4.07. The Labute approximate surface area is 119 Å². The van der Waals surface area contributed by atoms with Crippen molar-refractivity contribution in [3.8, 4) is 0 Å². The lowest BCUT2D eigenvalue weighted by atomic mass is 10.2. The molecule has 2 nitrogen and oxygen atoms in total. The normalized spacial score (nSPS) is 9.74. The molecular formula is C14H15BrF2N2. The van der Waals surface area contributed by atoms with E-state index in [-0.39, 0.29) is 23.0 Å². The van der Waals surface area contributed by atoms with Gasteiger partial charge in [-0.3, -0.25) is 0 Å². The molecule has 0 amide bonds. The SMILES string of the molecule is Cc1ccc(Br)c(N)c1F.Cc1cccc(N)c1F. The van der Waals surface area contributed by atoms with E-state index in [0.29, 0.717) is 15.6 Å². The Hall–Kier alpha value is -1.62. The highest BCUT2D eigenvalue weighted by molar-refractivity contribution is 9.10. The lowest BCUT2D eigenvalue weighted by Gasteiger charge is -2.01. The summed E-state index contributed by atoms with van der Waals surface area (Å²) in [5, 5.41) is 0. The Morgan fingerprint density at radius 1 is 0.895 bits per heavy atom. The molecule has 4 N–H and O–H groups in total. The molecule has 0 aromatic heterocycles. The van der Waals surface area contributed by atoms with Crippen molar-refractivity contribution in [2.75, 3.05) is 11.5 Å². The number of aryl methyl sites for hydroxylation is 2. The van der Waals surface area contributed by atoms with Crippen LogP contribution in [0.2, 0.25) is 0 Å². The van der Waals surface area contributed by atoms with Crippen molar-refractivity contribution in [3.05, 3.63) is 57.6 Å². The van der Waals surface area contributed by atoms with Gasteiger partial charge in [0, 0.05) is 4.47 Å². The van der Waals surface area contributed by atoms with Gasteiger partial charge in [-0.25, -0.2) is 8.78 Å². The third-order valence-electron chi connectivity index (χ3n) is 2.54. The average Bonchev–Trinajstić information content (AvgIpc) is 2.39. The Morgan fingerprint density at radius 3 is 1.95 bits per heavy atom. The summed E-state index contributed by atoms with van der Waals surface area (Å²) in [6, 6.07) is 8.37. The second-order valence-corrected chi connectivity index (χ2v) is 4.92. The van der Waals surface area contributed by atoms with E-state index in [1.807, 2.05) is 0 Å². The van der Waals surface area contributed by atoms with E-state index in [0.717, 1.165) is 0 Å². The summed E-state index contributed by atoms with van der Waals surface area (Å²) >= 11 is 3.12. The fourth-order valence-electron chi connectivity index (χ4n) is 1.35. The van der Waals surface area contributed by atoms with Crippen molar-refractivity contribution in [2.45, 2.75) is 13.8 Å². The van der Waals surface area contributed by atoms with E-state index < -0.39 is 0 Å². The van der Waals surface area contributed by atoms with Gasteiger partial charge in [-0.1, -0.05) is 18.2 Å². The number of benzene rings is 2. The first kappa shape index (κ1) is 15.4. The molecule has 0 aliphatic carbocycles. The van der Waals surface area contributed by atoms with Crippen LogP contribution >= 0.6 is 15.9 Å². The van der Waals surface area contributed by atoms with Crippen LogP contribution in [0.1, 0.15) is 11.1 Å². The molecule has 0 aliphatic heterocycles. The minimum atomic E-state index is -0.339. The summed E-state index contributed by atoms with van der Waals surface area (Å²) in [7, 11) is 0. The van der Waals surface area contributed by atoms with Crippen LogP contribution in [-0.2, 0) is 0 Å². The lowest BCUT2D eigenvalue weighted by Crippen LogP contribution is -1.93. The number of halogens is 3. The molecule has 0 fully saturated rings. The standard InChI is InChI=1S/C7H7BrFN.C7H8FN/c1-4-2-3-5(8)7(10)6(4)9;1-5-3-2-4-6(9)7(5)8/h2-3H,10H2,1H3;2-4H,9H2,1H3. The van der Waals surface area contributed by atoms with Crippen LogP contribution in [0.4, 0.5) is 20.2 Å². The minimum Gasteiger partial charge on any atom is -0.396 e. The molecule has 0 heterocycles. The van der Waals surface area contributed by atoms with E-state index in [9.17, 15) is 8.78 Å². The summed E-state index contributed by atoms with van der Waals surface area (Å²) < 4.78 is 26.0. The molecule has 19 heavy (non-hydrogen) atoms. The topological polar surface area (TPSA) is 52.0 Å². The Bertz CT molecular complexity index is 539. The predicted octanol–water partition coefficient (Wildman–Crippen LogP) is 4.20. The molecule has 5 heteroatoms. The molecule has 0 aliphatic rings. The summed E-state index contributed by atoms with van der Waals surface area (Å²) in [5.41, 5.74) is 12.2. The van der Waals surface area contributed by atoms with Crippen molar-refractivity contribution in [1.29, 1.82) is 0 Å². The Morgan fingerprint density at radius 2 is 1.47 bits per heavy atom. The molecule has 0 saturated heterocycles. The number of nitrogen functional groups attached to an aromatic ring is 2. The maximum Gasteiger partial charge on any atom is 0.150 e. The highest BCUT2D eigenvalue weighted by atomic mass is 79.9. The molecule has 2 aromatic rings. The third kappa shape index (κ3) is 3.92. The first-order valence-electron chi connectivity index (χ1n) is 5.55. The monoisotopic (exact) mass is 328 g/mol. The van der Waals surface area contributed by atoms with Crippen LogP contribution < -0.4 is 11.5 Å². The molecule has 0 radical (unpaired) electrons. The van der Waals surface area contributed by atoms with Crippen molar-refractivity contribution in [3.63, 3.8) is 0 Å². The molecule has 0 bridgehead atoms.